The van der Waals surface area contributed by atoms with E-state index in [1.807, 2.05) is 24.3 Å². The number of fused-ring (bicyclic) bond motifs is 1. The van der Waals surface area contributed by atoms with Gasteiger partial charge in [-0.15, -0.1) is 0 Å². The molecule has 2 heterocycles. The molecule has 0 saturated carbocycles. The van der Waals surface area contributed by atoms with Crippen molar-refractivity contribution in [1.82, 2.24) is 14.5 Å². The van der Waals surface area contributed by atoms with Gasteiger partial charge >= 0.3 is 0 Å². The summed E-state index contributed by atoms with van der Waals surface area (Å²) in [6.07, 6.45) is 1.72. The Morgan fingerprint density at radius 3 is 2.86 bits per heavy atom. The van der Waals surface area contributed by atoms with E-state index in [4.69, 9.17) is 15.5 Å². The zero-order valence-electron chi connectivity index (χ0n) is 12.2. The molecule has 5 heteroatoms. The molecule has 0 aliphatic heterocycles. The number of nitrogens with zero attached hydrogens (tertiary/aromatic N) is 3. The minimum Gasteiger partial charge on any atom is -0.480 e. The summed E-state index contributed by atoms with van der Waals surface area (Å²) in [5.41, 5.74) is 9.72. The molecule has 0 unspecified atom stereocenters. The third-order valence-corrected chi connectivity index (χ3v) is 3.57. The first kappa shape index (κ1) is 13.6. The number of ether oxygens (including phenoxy) is 1. The summed E-state index contributed by atoms with van der Waals surface area (Å²) in [5.74, 6) is 1.45. The Bertz CT molecular complexity index is 779. The molecule has 1 aromatic carbocycles. The van der Waals surface area contributed by atoms with Gasteiger partial charge < -0.3 is 15.0 Å². The normalized spacial score (nSPS) is 11.0. The molecule has 0 spiro atoms. The predicted octanol–water partition coefficient (Wildman–Crippen LogP) is 2.59. The molecule has 0 aliphatic rings. The Balaban J connectivity index is 2.26. The second kappa shape index (κ2) is 5.54. The van der Waals surface area contributed by atoms with Crippen LogP contribution in [0.3, 0.4) is 0 Å². The standard InChI is InChI=1S/C16H18N4O/c1-3-20-14-7-6-11(10-17)9-13(14)19-15(20)12-5-4-8-18-16(12)21-2/h4-9H,3,10,17H2,1-2H3. The van der Waals surface area contributed by atoms with E-state index >= 15 is 0 Å². The van der Waals surface area contributed by atoms with E-state index in [2.05, 4.69) is 22.5 Å². The van der Waals surface area contributed by atoms with E-state index in [0.717, 1.165) is 34.5 Å². The number of benzene rings is 1. The van der Waals surface area contributed by atoms with Crippen molar-refractivity contribution in [2.45, 2.75) is 20.0 Å². The molecular formula is C16H18N4O. The number of aryl methyl sites for hydroxylation is 1. The summed E-state index contributed by atoms with van der Waals surface area (Å²) in [4.78, 5) is 9.02. The topological polar surface area (TPSA) is 66.0 Å². The van der Waals surface area contributed by atoms with E-state index in [-0.39, 0.29) is 0 Å². The van der Waals surface area contributed by atoms with Crippen LogP contribution < -0.4 is 10.5 Å². The van der Waals surface area contributed by atoms with Crippen molar-refractivity contribution in [3.63, 3.8) is 0 Å². The van der Waals surface area contributed by atoms with Crippen LogP contribution in [0.5, 0.6) is 5.88 Å². The van der Waals surface area contributed by atoms with Crippen molar-refractivity contribution in [3.05, 3.63) is 42.1 Å². The second-order valence-corrected chi connectivity index (χ2v) is 4.77. The number of methoxy groups -OCH3 is 1. The van der Waals surface area contributed by atoms with Crippen LogP contribution >= 0.6 is 0 Å². The van der Waals surface area contributed by atoms with Gasteiger partial charge in [-0.05, 0) is 36.8 Å². The molecule has 5 nitrogen and oxygen atoms in total. The van der Waals surface area contributed by atoms with Crippen molar-refractivity contribution in [2.75, 3.05) is 7.11 Å². The quantitative estimate of drug-likeness (QED) is 0.798. The Hall–Kier alpha value is -2.40. The van der Waals surface area contributed by atoms with Crippen LogP contribution in [0.4, 0.5) is 0 Å². The van der Waals surface area contributed by atoms with Crippen LogP contribution in [0.1, 0.15) is 12.5 Å². The fraction of sp³-hybridized carbons (Fsp3) is 0.250. The van der Waals surface area contributed by atoms with Gasteiger partial charge in [-0.25, -0.2) is 9.97 Å². The van der Waals surface area contributed by atoms with E-state index in [0.29, 0.717) is 12.4 Å². The third kappa shape index (κ3) is 2.25. The molecule has 108 valence electrons. The van der Waals surface area contributed by atoms with Crippen molar-refractivity contribution < 1.29 is 4.74 Å². The van der Waals surface area contributed by atoms with E-state index in [9.17, 15) is 0 Å². The monoisotopic (exact) mass is 282 g/mol. The lowest BCUT2D eigenvalue weighted by Gasteiger charge is -2.09. The highest BCUT2D eigenvalue weighted by atomic mass is 16.5. The number of imidazole rings is 1. The van der Waals surface area contributed by atoms with Crippen LogP contribution in [0.2, 0.25) is 0 Å². The summed E-state index contributed by atoms with van der Waals surface area (Å²) in [6.45, 7) is 3.44. The molecule has 0 bridgehead atoms. The first-order valence-electron chi connectivity index (χ1n) is 6.97. The van der Waals surface area contributed by atoms with Gasteiger partial charge in [-0.3, -0.25) is 0 Å². The summed E-state index contributed by atoms with van der Waals surface area (Å²) in [7, 11) is 1.62. The Kier molecular flexibility index (Phi) is 3.58. The maximum Gasteiger partial charge on any atom is 0.224 e. The van der Waals surface area contributed by atoms with Gasteiger partial charge in [0.15, 0.2) is 0 Å². The molecule has 0 atom stereocenters. The number of rotatable bonds is 4. The fourth-order valence-corrected chi connectivity index (χ4v) is 2.55. The lowest BCUT2D eigenvalue weighted by molar-refractivity contribution is 0.399. The maximum atomic E-state index is 5.71. The summed E-state index contributed by atoms with van der Waals surface area (Å²) in [6, 6.07) is 10.0. The van der Waals surface area contributed by atoms with Gasteiger partial charge in [-0.2, -0.15) is 0 Å². The molecule has 0 fully saturated rings. The van der Waals surface area contributed by atoms with Crippen LogP contribution in [-0.2, 0) is 13.1 Å². The minimum atomic E-state index is 0.514. The number of aromatic nitrogens is 3. The van der Waals surface area contributed by atoms with Gasteiger partial charge in [-0.1, -0.05) is 6.07 Å². The van der Waals surface area contributed by atoms with Crippen molar-refractivity contribution in [3.8, 4) is 17.3 Å². The Morgan fingerprint density at radius 1 is 1.29 bits per heavy atom. The summed E-state index contributed by atoms with van der Waals surface area (Å²) < 4.78 is 7.52. The van der Waals surface area contributed by atoms with E-state index < -0.39 is 0 Å². The first-order chi connectivity index (χ1) is 10.3. The largest absolute Gasteiger partial charge is 0.480 e. The average molecular weight is 282 g/mol. The smallest absolute Gasteiger partial charge is 0.224 e. The molecule has 2 aromatic heterocycles. The second-order valence-electron chi connectivity index (χ2n) is 4.77. The SMILES string of the molecule is CCn1c(-c2cccnc2OC)nc2cc(CN)ccc21. The van der Waals surface area contributed by atoms with Crippen LogP contribution in [0, 0.1) is 0 Å². The van der Waals surface area contributed by atoms with Crippen molar-refractivity contribution in [1.29, 1.82) is 0 Å². The van der Waals surface area contributed by atoms with Crippen LogP contribution in [0.25, 0.3) is 22.4 Å². The molecule has 3 rings (SSSR count). The average Bonchev–Trinajstić information content (AvgIpc) is 2.91. The van der Waals surface area contributed by atoms with Gasteiger partial charge in [0.1, 0.15) is 5.82 Å². The highest BCUT2D eigenvalue weighted by Crippen LogP contribution is 2.30. The number of nitrogens with two attached hydrogens (primary N) is 1. The van der Waals surface area contributed by atoms with E-state index in [1.54, 1.807) is 13.3 Å². The molecule has 3 aromatic rings. The molecule has 2 N–H and O–H groups in total. The number of pyridine rings is 1. The maximum absolute atomic E-state index is 5.71. The lowest BCUT2D eigenvalue weighted by Crippen LogP contribution is -2.00. The zero-order valence-corrected chi connectivity index (χ0v) is 12.2. The Labute approximate surface area is 123 Å². The lowest BCUT2D eigenvalue weighted by atomic mass is 10.2. The van der Waals surface area contributed by atoms with Gasteiger partial charge in [0, 0.05) is 19.3 Å². The molecule has 0 saturated heterocycles. The molecule has 0 amide bonds. The first-order valence-corrected chi connectivity index (χ1v) is 6.97. The number of hydrogen-bond donors (Lipinski definition) is 1. The zero-order chi connectivity index (χ0) is 14.8. The predicted molar refractivity (Wildman–Crippen MR) is 83.1 cm³/mol. The summed E-state index contributed by atoms with van der Waals surface area (Å²) in [5, 5.41) is 0. The highest BCUT2D eigenvalue weighted by molar-refractivity contribution is 5.82. The molecule has 0 radical (unpaired) electrons. The van der Waals surface area contributed by atoms with Crippen molar-refractivity contribution in [2.24, 2.45) is 5.73 Å². The highest BCUT2D eigenvalue weighted by Gasteiger charge is 2.15. The van der Waals surface area contributed by atoms with E-state index in [1.165, 1.54) is 0 Å². The third-order valence-electron chi connectivity index (χ3n) is 3.57. The summed E-state index contributed by atoms with van der Waals surface area (Å²) >= 11 is 0. The fourth-order valence-electron chi connectivity index (χ4n) is 2.55. The molecular weight excluding hydrogens is 264 g/mol. The molecule has 0 aliphatic carbocycles. The molecule has 21 heavy (non-hydrogen) atoms. The number of hydrogen-bond acceptors (Lipinski definition) is 4. The van der Waals surface area contributed by atoms with Crippen LogP contribution in [-0.4, -0.2) is 21.6 Å². The van der Waals surface area contributed by atoms with Gasteiger partial charge in [0.25, 0.3) is 0 Å². The minimum absolute atomic E-state index is 0.514. The van der Waals surface area contributed by atoms with Crippen LogP contribution in [0.15, 0.2) is 36.5 Å². The Morgan fingerprint density at radius 2 is 2.14 bits per heavy atom. The van der Waals surface area contributed by atoms with Gasteiger partial charge in [0.05, 0.1) is 23.7 Å². The van der Waals surface area contributed by atoms with Crippen molar-refractivity contribution >= 4 is 11.0 Å². The van der Waals surface area contributed by atoms with Gasteiger partial charge in [0.2, 0.25) is 5.88 Å².